The number of carboxylic acids is 1. The number of aromatic nitrogens is 5. The minimum Gasteiger partial charge on any atom is -0.478 e. The van der Waals surface area contributed by atoms with Gasteiger partial charge in [0.15, 0.2) is 5.82 Å². The summed E-state index contributed by atoms with van der Waals surface area (Å²) in [5.41, 5.74) is 1.19. The Morgan fingerprint density at radius 2 is 2.30 bits per heavy atom. The molecule has 0 aliphatic rings. The van der Waals surface area contributed by atoms with Gasteiger partial charge in [0.2, 0.25) is 5.89 Å². The zero-order valence-corrected chi connectivity index (χ0v) is 10.6. The maximum atomic E-state index is 11.1. The second kappa shape index (κ2) is 4.72. The Hall–Kier alpha value is -2.77. The molecule has 0 atom stereocenters. The van der Waals surface area contributed by atoms with Crippen LogP contribution in [-0.4, -0.2) is 36.2 Å². The number of carboxylic acid groups (broad SMARTS) is 1. The van der Waals surface area contributed by atoms with E-state index < -0.39 is 5.97 Å². The number of benzene rings is 1. The molecular weight excluding hydrogens is 262 g/mol. The van der Waals surface area contributed by atoms with Crippen molar-refractivity contribution >= 4 is 17.0 Å². The molecule has 0 radical (unpaired) electrons. The third-order valence-electron chi connectivity index (χ3n) is 2.88. The summed E-state index contributed by atoms with van der Waals surface area (Å²) < 4.78 is 6.65. The third kappa shape index (κ3) is 2.11. The van der Waals surface area contributed by atoms with Crippen LogP contribution in [0.2, 0.25) is 0 Å². The summed E-state index contributed by atoms with van der Waals surface area (Å²) in [4.78, 5) is 15.2. The highest BCUT2D eigenvalue weighted by Crippen LogP contribution is 2.16. The molecule has 0 unspecified atom stereocenters. The van der Waals surface area contributed by atoms with E-state index in [1.54, 1.807) is 23.7 Å². The van der Waals surface area contributed by atoms with Crippen LogP contribution in [0, 0.1) is 6.92 Å². The number of aromatic carboxylic acids is 1. The van der Waals surface area contributed by atoms with E-state index in [9.17, 15) is 4.79 Å². The van der Waals surface area contributed by atoms with Crippen molar-refractivity contribution in [2.45, 2.75) is 19.9 Å². The highest BCUT2D eigenvalue weighted by atomic mass is 16.5. The number of hydrogen-bond acceptors (Lipinski definition) is 6. The van der Waals surface area contributed by atoms with Crippen LogP contribution in [0.15, 0.2) is 22.7 Å². The fourth-order valence-electron chi connectivity index (χ4n) is 1.97. The fraction of sp³-hybridized carbons (Fsp3) is 0.250. The van der Waals surface area contributed by atoms with Crippen LogP contribution in [-0.2, 0) is 13.0 Å². The van der Waals surface area contributed by atoms with E-state index in [4.69, 9.17) is 9.63 Å². The topological polar surface area (TPSA) is 107 Å². The number of hydrogen-bond donors (Lipinski definition) is 1. The van der Waals surface area contributed by atoms with Gasteiger partial charge in [0.1, 0.15) is 5.52 Å². The SMILES string of the molecule is Cc1noc(CCn2nnc3c(C(=O)O)cccc32)n1. The van der Waals surface area contributed by atoms with Crippen LogP contribution >= 0.6 is 0 Å². The van der Waals surface area contributed by atoms with Crippen molar-refractivity contribution < 1.29 is 14.4 Å². The van der Waals surface area contributed by atoms with Crippen LogP contribution in [0.25, 0.3) is 11.0 Å². The second-order valence-corrected chi connectivity index (χ2v) is 4.28. The van der Waals surface area contributed by atoms with E-state index in [2.05, 4.69) is 20.5 Å². The predicted molar refractivity (Wildman–Crippen MR) is 67.2 cm³/mol. The van der Waals surface area contributed by atoms with Crippen molar-refractivity contribution in [1.82, 2.24) is 25.1 Å². The monoisotopic (exact) mass is 273 g/mol. The van der Waals surface area contributed by atoms with Crippen LogP contribution in [0.5, 0.6) is 0 Å². The lowest BCUT2D eigenvalue weighted by Gasteiger charge is -2.00. The van der Waals surface area contributed by atoms with Crippen LogP contribution < -0.4 is 0 Å². The summed E-state index contributed by atoms with van der Waals surface area (Å²) in [5, 5.41) is 20.7. The van der Waals surface area contributed by atoms with Crippen molar-refractivity contribution in [3.8, 4) is 0 Å². The molecule has 0 aliphatic carbocycles. The average Bonchev–Trinajstić information content (AvgIpc) is 3.02. The molecule has 0 fully saturated rings. The summed E-state index contributed by atoms with van der Waals surface area (Å²) >= 11 is 0. The first kappa shape index (κ1) is 12.3. The lowest BCUT2D eigenvalue weighted by molar-refractivity contribution is 0.0699. The molecule has 1 aromatic carbocycles. The molecule has 0 aliphatic heterocycles. The third-order valence-corrected chi connectivity index (χ3v) is 2.88. The summed E-state index contributed by atoms with van der Waals surface area (Å²) in [6.07, 6.45) is 0.511. The molecule has 2 heterocycles. The molecule has 20 heavy (non-hydrogen) atoms. The first-order valence-electron chi connectivity index (χ1n) is 6.00. The number of aryl methyl sites for hydroxylation is 3. The van der Waals surface area contributed by atoms with Crippen molar-refractivity contribution in [1.29, 1.82) is 0 Å². The van der Waals surface area contributed by atoms with Crippen molar-refractivity contribution in [2.75, 3.05) is 0 Å². The Morgan fingerprint density at radius 3 is 3.00 bits per heavy atom. The Balaban J connectivity index is 1.89. The number of nitrogens with zero attached hydrogens (tertiary/aromatic N) is 5. The van der Waals surface area contributed by atoms with Crippen molar-refractivity contribution in [3.05, 3.63) is 35.5 Å². The van der Waals surface area contributed by atoms with Gasteiger partial charge in [-0.25, -0.2) is 9.48 Å². The van der Waals surface area contributed by atoms with Gasteiger partial charge in [0.05, 0.1) is 17.6 Å². The van der Waals surface area contributed by atoms with Crippen LogP contribution in [0.4, 0.5) is 0 Å². The van der Waals surface area contributed by atoms with E-state index in [1.807, 2.05) is 0 Å². The van der Waals surface area contributed by atoms with Gasteiger partial charge in [-0.2, -0.15) is 4.98 Å². The number of fused-ring (bicyclic) bond motifs is 1. The number of rotatable bonds is 4. The van der Waals surface area contributed by atoms with Crippen molar-refractivity contribution in [3.63, 3.8) is 0 Å². The van der Waals surface area contributed by atoms with Crippen LogP contribution in [0.3, 0.4) is 0 Å². The molecule has 2 aromatic heterocycles. The van der Waals surface area contributed by atoms with Gasteiger partial charge in [-0.05, 0) is 19.1 Å². The van der Waals surface area contributed by atoms with E-state index >= 15 is 0 Å². The maximum absolute atomic E-state index is 11.1. The van der Waals surface area contributed by atoms with Gasteiger partial charge in [0.25, 0.3) is 0 Å². The summed E-state index contributed by atoms with van der Waals surface area (Å²) in [5.74, 6) is 0.0762. The maximum Gasteiger partial charge on any atom is 0.338 e. The zero-order chi connectivity index (χ0) is 14.1. The zero-order valence-electron chi connectivity index (χ0n) is 10.6. The molecule has 1 N–H and O–H groups in total. The summed E-state index contributed by atoms with van der Waals surface area (Å²) in [7, 11) is 0. The molecule has 102 valence electrons. The molecule has 8 heteroatoms. The van der Waals surface area contributed by atoms with E-state index in [0.29, 0.717) is 35.7 Å². The van der Waals surface area contributed by atoms with Gasteiger partial charge >= 0.3 is 5.97 Å². The fourth-order valence-corrected chi connectivity index (χ4v) is 1.97. The highest BCUT2D eigenvalue weighted by Gasteiger charge is 2.14. The average molecular weight is 273 g/mol. The van der Waals surface area contributed by atoms with Crippen LogP contribution in [0.1, 0.15) is 22.1 Å². The number of carbonyl (C=O) groups is 1. The Kier molecular flexibility index (Phi) is 2.90. The Labute approximate surface area is 113 Å². The smallest absolute Gasteiger partial charge is 0.338 e. The molecule has 0 amide bonds. The standard InChI is InChI=1S/C12H11N5O3/c1-7-13-10(20-15-7)5-6-17-9-4-2-3-8(12(18)19)11(9)14-16-17/h2-4H,5-6H2,1H3,(H,18,19). The van der Waals surface area contributed by atoms with E-state index in [1.165, 1.54) is 6.07 Å². The Bertz CT molecular complexity index is 776. The van der Waals surface area contributed by atoms with Gasteiger partial charge < -0.3 is 9.63 Å². The van der Waals surface area contributed by atoms with Gasteiger partial charge in [-0.3, -0.25) is 0 Å². The van der Waals surface area contributed by atoms with E-state index in [-0.39, 0.29) is 5.56 Å². The minimum absolute atomic E-state index is 0.141. The molecule has 8 nitrogen and oxygen atoms in total. The highest BCUT2D eigenvalue weighted by molar-refractivity contribution is 6.00. The first-order chi connectivity index (χ1) is 9.65. The van der Waals surface area contributed by atoms with Gasteiger partial charge in [0, 0.05) is 6.42 Å². The molecule has 0 saturated heterocycles. The van der Waals surface area contributed by atoms with E-state index in [0.717, 1.165) is 0 Å². The predicted octanol–water partition coefficient (Wildman–Crippen LogP) is 1.06. The Morgan fingerprint density at radius 1 is 1.45 bits per heavy atom. The second-order valence-electron chi connectivity index (χ2n) is 4.28. The minimum atomic E-state index is -1.02. The largest absolute Gasteiger partial charge is 0.478 e. The summed E-state index contributed by atoms with van der Waals surface area (Å²) in [6, 6.07) is 4.95. The molecule has 3 aromatic rings. The summed E-state index contributed by atoms with van der Waals surface area (Å²) in [6.45, 7) is 2.23. The van der Waals surface area contributed by atoms with Gasteiger partial charge in [-0.15, -0.1) is 5.10 Å². The molecule has 3 rings (SSSR count). The van der Waals surface area contributed by atoms with Crippen molar-refractivity contribution in [2.24, 2.45) is 0 Å². The van der Waals surface area contributed by atoms with Gasteiger partial charge in [-0.1, -0.05) is 16.4 Å². The molecule has 0 spiro atoms. The lowest BCUT2D eigenvalue weighted by atomic mass is 10.2. The molecule has 0 saturated carbocycles. The molecular formula is C12H11N5O3. The lowest BCUT2D eigenvalue weighted by Crippen LogP contribution is -2.04. The molecule has 0 bridgehead atoms. The first-order valence-corrected chi connectivity index (χ1v) is 6.00. The normalized spacial score (nSPS) is 11.1. The quantitative estimate of drug-likeness (QED) is 0.757.